The van der Waals surface area contributed by atoms with Gasteiger partial charge in [0.25, 0.3) is 0 Å². The van der Waals surface area contributed by atoms with Gasteiger partial charge in [-0.3, -0.25) is 0 Å². The summed E-state index contributed by atoms with van der Waals surface area (Å²) >= 11 is 1.60. The van der Waals surface area contributed by atoms with Crippen LogP contribution in [0.4, 0.5) is 0 Å². The van der Waals surface area contributed by atoms with Crippen LogP contribution in [0, 0.1) is 0 Å². The second-order valence-electron chi connectivity index (χ2n) is 6.40. The molecule has 2 aromatic heterocycles. The van der Waals surface area contributed by atoms with Crippen molar-refractivity contribution in [1.29, 1.82) is 0 Å². The first-order chi connectivity index (χ1) is 11.9. The third kappa shape index (κ3) is 2.71. The van der Waals surface area contributed by atoms with Crippen LogP contribution in [0.2, 0.25) is 0 Å². The highest BCUT2D eigenvalue weighted by molar-refractivity contribution is 7.99. The van der Waals surface area contributed by atoms with Crippen LogP contribution in [0.1, 0.15) is 43.5 Å². The summed E-state index contributed by atoms with van der Waals surface area (Å²) in [6.07, 6.45) is 6.80. The molecule has 0 spiro atoms. The molecule has 0 saturated heterocycles. The zero-order valence-corrected chi connectivity index (χ0v) is 14.0. The third-order valence-electron chi connectivity index (χ3n) is 4.40. The zero-order chi connectivity index (χ0) is 15.9. The van der Waals surface area contributed by atoms with Gasteiger partial charge in [0.15, 0.2) is 11.0 Å². The van der Waals surface area contributed by atoms with Gasteiger partial charge in [-0.2, -0.15) is 0 Å². The largest absolute Gasteiger partial charge is 0.302 e. The summed E-state index contributed by atoms with van der Waals surface area (Å²) < 4.78 is 2.35. The van der Waals surface area contributed by atoms with E-state index in [1.54, 1.807) is 11.8 Å². The monoisotopic (exact) mass is 335 g/mol. The first kappa shape index (κ1) is 14.2. The van der Waals surface area contributed by atoms with Gasteiger partial charge in [-0.15, -0.1) is 10.2 Å². The van der Waals surface area contributed by atoms with Crippen molar-refractivity contribution in [2.24, 2.45) is 0 Å². The summed E-state index contributed by atoms with van der Waals surface area (Å²) in [5.74, 6) is 2.55. The van der Waals surface area contributed by atoms with Crippen molar-refractivity contribution in [1.82, 2.24) is 24.7 Å². The predicted octanol–water partition coefficient (Wildman–Crippen LogP) is 4.10. The summed E-state index contributed by atoms with van der Waals surface area (Å²) in [6, 6.07) is 12.6. The summed E-state index contributed by atoms with van der Waals surface area (Å²) in [6.45, 7) is 0. The molecule has 2 aliphatic rings. The average molecular weight is 335 g/mol. The second-order valence-corrected chi connectivity index (χ2v) is 7.39. The molecule has 0 atom stereocenters. The lowest BCUT2D eigenvalue weighted by atomic mass is 10.2. The second kappa shape index (κ2) is 5.70. The molecule has 2 aliphatic carbocycles. The van der Waals surface area contributed by atoms with E-state index in [2.05, 4.69) is 19.7 Å². The van der Waals surface area contributed by atoms with Crippen molar-refractivity contribution in [3.05, 3.63) is 48.4 Å². The maximum atomic E-state index is 4.70. The van der Waals surface area contributed by atoms with Gasteiger partial charge in [-0.25, -0.2) is 9.97 Å². The van der Waals surface area contributed by atoms with E-state index in [0.29, 0.717) is 12.0 Å². The summed E-state index contributed by atoms with van der Waals surface area (Å²) in [5.41, 5.74) is 1.03. The lowest BCUT2D eigenvalue weighted by Crippen LogP contribution is -2.02. The van der Waals surface area contributed by atoms with Gasteiger partial charge in [0.05, 0.1) is 0 Å². The van der Waals surface area contributed by atoms with Crippen LogP contribution in [-0.2, 0) is 0 Å². The van der Waals surface area contributed by atoms with Crippen molar-refractivity contribution in [2.45, 2.75) is 47.8 Å². The molecule has 0 aliphatic heterocycles. The molecule has 0 unspecified atom stereocenters. The van der Waals surface area contributed by atoms with Crippen molar-refractivity contribution >= 4 is 11.8 Å². The average Bonchev–Trinajstić information content (AvgIpc) is 3.55. The lowest BCUT2D eigenvalue weighted by molar-refractivity contribution is 0.626. The fourth-order valence-electron chi connectivity index (χ4n) is 2.87. The molecule has 6 heteroatoms. The molecule has 3 aromatic rings. The van der Waals surface area contributed by atoms with E-state index in [0.717, 1.165) is 21.6 Å². The smallest absolute Gasteiger partial charge is 0.197 e. The van der Waals surface area contributed by atoms with E-state index in [-0.39, 0.29) is 0 Å². The Morgan fingerprint density at radius 1 is 0.958 bits per heavy atom. The molecule has 120 valence electrons. The van der Waals surface area contributed by atoms with E-state index in [1.165, 1.54) is 31.5 Å². The van der Waals surface area contributed by atoms with Crippen LogP contribution in [0.3, 0.4) is 0 Å². The van der Waals surface area contributed by atoms with Gasteiger partial charge >= 0.3 is 0 Å². The fourth-order valence-corrected chi connectivity index (χ4v) is 3.74. The number of rotatable bonds is 5. The molecule has 2 heterocycles. The Kier molecular flexibility index (Phi) is 3.36. The summed E-state index contributed by atoms with van der Waals surface area (Å²) in [4.78, 5) is 9.10. The van der Waals surface area contributed by atoms with Crippen LogP contribution in [-0.4, -0.2) is 24.7 Å². The Bertz CT molecular complexity index is 868. The molecule has 0 radical (unpaired) electrons. The van der Waals surface area contributed by atoms with Crippen LogP contribution >= 0.6 is 11.8 Å². The third-order valence-corrected chi connectivity index (χ3v) is 5.30. The van der Waals surface area contributed by atoms with E-state index < -0.39 is 0 Å². The van der Waals surface area contributed by atoms with Gasteiger partial charge in [0.2, 0.25) is 0 Å². The molecule has 0 amide bonds. The van der Waals surface area contributed by atoms with Crippen LogP contribution in [0.5, 0.6) is 0 Å². The minimum atomic E-state index is 0.591. The molecule has 24 heavy (non-hydrogen) atoms. The number of hydrogen-bond donors (Lipinski definition) is 0. The maximum absolute atomic E-state index is 4.70. The first-order valence-corrected chi connectivity index (χ1v) is 9.21. The van der Waals surface area contributed by atoms with Crippen molar-refractivity contribution in [3.8, 4) is 11.4 Å². The van der Waals surface area contributed by atoms with Gasteiger partial charge in [0, 0.05) is 23.7 Å². The molecule has 0 N–H and O–H groups in total. The molecule has 2 saturated carbocycles. The first-order valence-electron chi connectivity index (χ1n) is 8.39. The lowest BCUT2D eigenvalue weighted by Gasteiger charge is -2.08. The van der Waals surface area contributed by atoms with E-state index in [9.17, 15) is 0 Å². The van der Waals surface area contributed by atoms with Crippen molar-refractivity contribution in [3.63, 3.8) is 0 Å². The zero-order valence-electron chi connectivity index (χ0n) is 13.2. The minimum absolute atomic E-state index is 0.591. The van der Waals surface area contributed by atoms with Crippen LogP contribution in [0.15, 0.2) is 52.8 Å². The SMILES string of the molecule is c1ccc(-c2nccc(Sc3nnc(C4CC4)n3C3CC3)n2)cc1. The molecular weight excluding hydrogens is 318 g/mol. The number of hydrogen-bond acceptors (Lipinski definition) is 5. The molecule has 2 fully saturated rings. The summed E-state index contributed by atoms with van der Waals surface area (Å²) in [5, 5.41) is 10.8. The Morgan fingerprint density at radius 2 is 1.79 bits per heavy atom. The Labute approximate surface area is 144 Å². The van der Waals surface area contributed by atoms with E-state index in [4.69, 9.17) is 4.98 Å². The van der Waals surface area contributed by atoms with Gasteiger partial charge in [0.1, 0.15) is 10.9 Å². The van der Waals surface area contributed by atoms with Gasteiger partial charge in [-0.1, -0.05) is 30.3 Å². The van der Waals surface area contributed by atoms with Gasteiger partial charge in [-0.05, 0) is 43.5 Å². The minimum Gasteiger partial charge on any atom is -0.302 e. The highest BCUT2D eigenvalue weighted by Gasteiger charge is 2.36. The molecular formula is C18H17N5S. The Balaban J connectivity index is 1.46. The standard InChI is InChI=1S/C18H17N5S/c1-2-4-12(5-3-1)16-19-11-10-15(20-16)24-18-22-21-17(13-6-7-13)23(18)14-8-9-14/h1-5,10-11,13-14H,6-9H2. The summed E-state index contributed by atoms with van der Waals surface area (Å²) in [7, 11) is 0. The van der Waals surface area contributed by atoms with E-state index in [1.807, 2.05) is 42.6 Å². The fraction of sp³-hybridized carbons (Fsp3) is 0.333. The predicted molar refractivity (Wildman–Crippen MR) is 91.9 cm³/mol. The van der Waals surface area contributed by atoms with Crippen molar-refractivity contribution in [2.75, 3.05) is 0 Å². The number of aromatic nitrogens is 5. The van der Waals surface area contributed by atoms with E-state index >= 15 is 0 Å². The molecule has 0 bridgehead atoms. The molecule has 5 rings (SSSR count). The molecule has 5 nitrogen and oxygen atoms in total. The van der Waals surface area contributed by atoms with Crippen LogP contribution in [0.25, 0.3) is 11.4 Å². The number of nitrogens with zero attached hydrogens (tertiary/aromatic N) is 5. The maximum Gasteiger partial charge on any atom is 0.197 e. The van der Waals surface area contributed by atoms with Crippen LogP contribution < -0.4 is 0 Å². The quantitative estimate of drug-likeness (QED) is 0.657. The highest BCUT2D eigenvalue weighted by atomic mass is 32.2. The normalized spacial score (nSPS) is 17.2. The Hall–Kier alpha value is -2.21. The van der Waals surface area contributed by atoms with Gasteiger partial charge < -0.3 is 4.57 Å². The Morgan fingerprint density at radius 3 is 2.54 bits per heavy atom. The molecule has 1 aromatic carbocycles. The topological polar surface area (TPSA) is 56.5 Å². The highest BCUT2D eigenvalue weighted by Crippen LogP contribution is 2.46. The van der Waals surface area contributed by atoms with Crippen molar-refractivity contribution < 1.29 is 0 Å². The number of benzene rings is 1.